The molecule has 1 aromatic rings. The zero-order valence-electron chi connectivity index (χ0n) is 10.8. The van der Waals surface area contributed by atoms with E-state index in [0.29, 0.717) is 22.0 Å². The van der Waals surface area contributed by atoms with E-state index < -0.39 is 5.54 Å². The standard InChI is InChI=1S/C14H20Cl2N2/c1-9(2)14(17,13-4-3-7-18-13)10-5-6-11(15)12(16)8-10/h5-6,8-9,13,18H,3-4,7,17H2,1-2H3/t13-,14?/m0/s1. The molecule has 1 aliphatic heterocycles. The van der Waals surface area contributed by atoms with E-state index in [0.717, 1.165) is 18.5 Å². The number of hydrogen-bond donors (Lipinski definition) is 2. The molecule has 0 bridgehead atoms. The lowest BCUT2D eigenvalue weighted by molar-refractivity contribution is 0.239. The Bertz CT molecular complexity index is 428. The van der Waals surface area contributed by atoms with Gasteiger partial charge in [0, 0.05) is 6.04 Å². The maximum absolute atomic E-state index is 6.72. The van der Waals surface area contributed by atoms with Gasteiger partial charge in [-0.05, 0) is 43.0 Å². The van der Waals surface area contributed by atoms with Crippen molar-refractivity contribution in [1.29, 1.82) is 0 Å². The molecular weight excluding hydrogens is 267 g/mol. The third kappa shape index (κ3) is 2.39. The molecule has 1 unspecified atom stereocenters. The lowest BCUT2D eigenvalue weighted by atomic mass is 9.74. The van der Waals surface area contributed by atoms with Crippen molar-refractivity contribution in [2.45, 2.75) is 38.3 Å². The summed E-state index contributed by atoms with van der Waals surface area (Å²) >= 11 is 12.1. The van der Waals surface area contributed by atoms with Crippen LogP contribution in [0.1, 0.15) is 32.3 Å². The minimum atomic E-state index is -0.398. The van der Waals surface area contributed by atoms with Crippen molar-refractivity contribution in [3.8, 4) is 0 Å². The molecule has 1 fully saturated rings. The third-order valence-corrected chi connectivity index (χ3v) is 4.75. The quantitative estimate of drug-likeness (QED) is 0.892. The molecule has 0 amide bonds. The highest BCUT2D eigenvalue weighted by Gasteiger charge is 2.40. The Kier molecular flexibility index (Phi) is 4.22. The Labute approximate surface area is 119 Å². The summed E-state index contributed by atoms with van der Waals surface area (Å²) in [4.78, 5) is 0. The van der Waals surface area contributed by atoms with Gasteiger partial charge in [0.15, 0.2) is 0 Å². The smallest absolute Gasteiger partial charge is 0.0595 e. The van der Waals surface area contributed by atoms with Crippen molar-refractivity contribution in [1.82, 2.24) is 5.32 Å². The molecule has 0 aliphatic carbocycles. The number of benzene rings is 1. The lowest BCUT2D eigenvalue weighted by Crippen LogP contribution is -2.55. The molecular formula is C14H20Cl2N2. The first-order valence-corrected chi connectivity index (χ1v) is 7.19. The van der Waals surface area contributed by atoms with Crippen LogP contribution in [0.5, 0.6) is 0 Å². The lowest BCUT2D eigenvalue weighted by Gasteiger charge is -2.40. The summed E-state index contributed by atoms with van der Waals surface area (Å²) in [5.41, 5.74) is 7.39. The Morgan fingerprint density at radius 2 is 2.06 bits per heavy atom. The first kappa shape index (κ1) is 14.1. The maximum atomic E-state index is 6.72. The van der Waals surface area contributed by atoms with Crippen LogP contribution in [-0.4, -0.2) is 12.6 Å². The summed E-state index contributed by atoms with van der Waals surface area (Å²) in [6.07, 6.45) is 2.28. The molecule has 2 atom stereocenters. The van der Waals surface area contributed by atoms with Crippen LogP contribution in [-0.2, 0) is 5.54 Å². The molecule has 2 nitrogen and oxygen atoms in total. The molecule has 3 N–H and O–H groups in total. The molecule has 0 saturated carbocycles. The number of rotatable bonds is 3. The zero-order valence-corrected chi connectivity index (χ0v) is 12.4. The van der Waals surface area contributed by atoms with Crippen LogP contribution < -0.4 is 11.1 Å². The maximum Gasteiger partial charge on any atom is 0.0595 e. The fourth-order valence-electron chi connectivity index (χ4n) is 2.79. The van der Waals surface area contributed by atoms with E-state index >= 15 is 0 Å². The first-order valence-electron chi connectivity index (χ1n) is 6.44. The van der Waals surface area contributed by atoms with E-state index in [9.17, 15) is 0 Å². The topological polar surface area (TPSA) is 38.0 Å². The van der Waals surface area contributed by atoms with Crippen molar-refractivity contribution >= 4 is 23.2 Å². The molecule has 4 heteroatoms. The second-order valence-electron chi connectivity index (χ2n) is 5.37. The summed E-state index contributed by atoms with van der Waals surface area (Å²) in [6, 6.07) is 6.03. The monoisotopic (exact) mass is 286 g/mol. The predicted molar refractivity (Wildman–Crippen MR) is 78.2 cm³/mol. The highest BCUT2D eigenvalue weighted by atomic mass is 35.5. The van der Waals surface area contributed by atoms with Crippen LogP contribution in [0.15, 0.2) is 18.2 Å². The van der Waals surface area contributed by atoms with Crippen molar-refractivity contribution in [2.75, 3.05) is 6.54 Å². The number of hydrogen-bond acceptors (Lipinski definition) is 2. The fraction of sp³-hybridized carbons (Fsp3) is 0.571. The van der Waals surface area contributed by atoms with Crippen LogP contribution in [0, 0.1) is 5.92 Å². The predicted octanol–water partition coefficient (Wildman–Crippen LogP) is 3.56. The van der Waals surface area contributed by atoms with Crippen LogP contribution in [0.2, 0.25) is 10.0 Å². The van der Waals surface area contributed by atoms with Gasteiger partial charge in [-0.25, -0.2) is 0 Å². The Morgan fingerprint density at radius 3 is 2.56 bits per heavy atom. The second kappa shape index (κ2) is 5.38. The van der Waals surface area contributed by atoms with Gasteiger partial charge >= 0.3 is 0 Å². The van der Waals surface area contributed by atoms with Gasteiger partial charge in [0.2, 0.25) is 0 Å². The van der Waals surface area contributed by atoms with Gasteiger partial charge in [0.1, 0.15) is 0 Å². The van der Waals surface area contributed by atoms with E-state index in [-0.39, 0.29) is 0 Å². The molecule has 0 radical (unpaired) electrons. The van der Waals surface area contributed by atoms with E-state index in [1.807, 2.05) is 18.2 Å². The summed E-state index contributed by atoms with van der Waals surface area (Å²) in [7, 11) is 0. The Morgan fingerprint density at radius 1 is 1.33 bits per heavy atom. The van der Waals surface area contributed by atoms with E-state index in [1.54, 1.807) is 0 Å². The second-order valence-corrected chi connectivity index (χ2v) is 6.18. The largest absolute Gasteiger partial charge is 0.320 e. The summed E-state index contributed by atoms with van der Waals surface area (Å²) in [5, 5.41) is 4.66. The van der Waals surface area contributed by atoms with Gasteiger partial charge in [-0.1, -0.05) is 43.1 Å². The van der Waals surface area contributed by atoms with E-state index in [1.165, 1.54) is 6.42 Å². The molecule has 1 aliphatic rings. The highest BCUT2D eigenvalue weighted by Crippen LogP contribution is 2.36. The van der Waals surface area contributed by atoms with Crippen LogP contribution in [0.3, 0.4) is 0 Å². The van der Waals surface area contributed by atoms with Crippen molar-refractivity contribution in [3.05, 3.63) is 33.8 Å². The van der Waals surface area contributed by atoms with Gasteiger partial charge < -0.3 is 11.1 Å². The van der Waals surface area contributed by atoms with Gasteiger partial charge in [0.25, 0.3) is 0 Å². The van der Waals surface area contributed by atoms with Gasteiger partial charge in [-0.2, -0.15) is 0 Å². The number of nitrogens with two attached hydrogens (primary N) is 1. The Balaban J connectivity index is 2.42. The first-order chi connectivity index (χ1) is 8.46. The minimum absolute atomic E-state index is 0.301. The van der Waals surface area contributed by atoms with Crippen LogP contribution in [0.25, 0.3) is 0 Å². The van der Waals surface area contributed by atoms with Crippen LogP contribution in [0.4, 0.5) is 0 Å². The molecule has 1 saturated heterocycles. The van der Waals surface area contributed by atoms with Gasteiger partial charge in [-0.3, -0.25) is 0 Å². The molecule has 18 heavy (non-hydrogen) atoms. The van der Waals surface area contributed by atoms with Gasteiger partial charge in [-0.15, -0.1) is 0 Å². The van der Waals surface area contributed by atoms with Crippen molar-refractivity contribution < 1.29 is 0 Å². The van der Waals surface area contributed by atoms with E-state index in [4.69, 9.17) is 28.9 Å². The van der Waals surface area contributed by atoms with E-state index in [2.05, 4.69) is 19.2 Å². The third-order valence-electron chi connectivity index (χ3n) is 4.01. The SMILES string of the molecule is CC(C)C(N)(c1ccc(Cl)c(Cl)c1)[C@@H]1CCCN1. The fourth-order valence-corrected chi connectivity index (χ4v) is 3.09. The summed E-state index contributed by atoms with van der Waals surface area (Å²) in [5.74, 6) is 0.324. The number of nitrogens with one attached hydrogen (secondary N) is 1. The average molecular weight is 287 g/mol. The summed E-state index contributed by atoms with van der Waals surface area (Å²) < 4.78 is 0. The number of halogens is 2. The van der Waals surface area contributed by atoms with Crippen LogP contribution >= 0.6 is 23.2 Å². The molecule has 1 aromatic carbocycles. The molecule has 2 rings (SSSR count). The molecule has 0 aromatic heterocycles. The highest BCUT2D eigenvalue weighted by molar-refractivity contribution is 6.42. The average Bonchev–Trinajstić information content (AvgIpc) is 2.85. The minimum Gasteiger partial charge on any atom is -0.320 e. The van der Waals surface area contributed by atoms with Crippen molar-refractivity contribution in [3.63, 3.8) is 0 Å². The normalized spacial score (nSPS) is 23.3. The summed E-state index contributed by atoms with van der Waals surface area (Å²) in [6.45, 7) is 5.35. The molecule has 1 heterocycles. The molecule has 0 spiro atoms. The molecule has 100 valence electrons. The van der Waals surface area contributed by atoms with Gasteiger partial charge in [0.05, 0.1) is 15.6 Å². The Hall–Kier alpha value is -0.280. The van der Waals surface area contributed by atoms with Crippen molar-refractivity contribution in [2.24, 2.45) is 11.7 Å². The zero-order chi connectivity index (χ0) is 13.3.